The van der Waals surface area contributed by atoms with E-state index in [0.29, 0.717) is 18.4 Å². The van der Waals surface area contributed by atoms with Crippen LogP contribution < -0.4 is 5.69 Å². The van der Waals surface area contributed by atoms with Crippen LogP contribution in [-0.4, -0.2) is 65.7 Å². The van der Waals surface area contributed by atoms with Crippen LogP contribution in [0.1, 0.15) is 18.9 Å². The van der Waals surface area contributed by atoms with Gasteiger partial charge in [0.2, 0.25) is 10.0 Å². The van der Waals surface area contributed by atoms with Gasteiger partial charge in [0.05, 0.1) is 10.4 Å². The summed E-state index contributed by atoms with van der Waals surface area (Å²) in [5.41, 5.74) is 0.212. The Hall–Kier alpha value is -3.03. The van der Waals surface area contributed by atoms with Crippen molar-refractivity contribution in [2.45, 2.75) is 35.2 Å². The van der Waals surface area contributed by atoms with Crippen molar-refractivity contribution >= 4 is 37.0 Å². The van der Waals surface area contributed by atoms with Crippen LogP contribution in [0.5, 0.6) is 0 Å². The highest BCUT2D eigenvalue weighted by Crippen LogP contribution is 2.30. The Labute approximate surface area is 189 Å². The molecule has 3 heterocycles. The van der Waals surface area contributed by atoms with Crippen LogP contribution in [-0.2, 0) is 31.2 Å². The maximum absolute atomic E-state index is 13.2. The largest absolute Gasteiger partial charge is 0.480 e. The molecule has 33 heavy (non-hydrogen) atoms. The molecular weight excluding hydrogens is 472 g/mol. The lowest BCUT2D eigenvalue weighted by atomic mass is 10.1. The fraction of sp³-hybridized carbons (Fsp3) is 0.350. The first-order valence-electron chi connectivity index (χ1n) is 10.1. The maximum atomic E-state index is 13.2. The minimum atomic E-state index is -4.07. The molecule has 0 radical (unpaired) electrons. The molecule has 0 aliphatic carbocycles. The number of imidazole rings is 1. The number of carboxylic acid groups (broad SMARTS) is 1. The van der Waals surface area contributed by atoms with Crippen LogP contribution in [0.3, 0.4) is 0 Å². The molecule has 13 heteroatoms. The summed E-state index contributed by atoms with van der Waals surface area (Å²) in [6.45, 7) is -0.387. The van der Waals surface area contributed by atoms with Crippen molar-refractivity contribution in [3.8, 4) is 0 Å². The van der Waals surface area contributed by atoms with E-state index >= 15 is 0 Å². The number of aliphatic carboxylic acids is 1. The Morgan fingerprint density at radius 3 is 2.30 bits per heavy atom. The fourth-order valence-electron chi connectivity index (χ4n) is 4.19. The van der Waals surface area contributed by atoms with Gasteiger partial charge in [-0.25, -0.2) is 26.6 Å². The van der Waals surface area contributed by atoms with Gasteiger partial charge in [0.15, 0.2) is 15.5 Å². The molecule has 0 amide bonds. The molecule has 1 saturated heterocycles. The summed E-state index contributed by atoms with van der Waals surface area (Å²) in [6.07, 6.45) is 3.02. The minimum absolute atomic E-state index is 0.0728. The number of rotatable bonds is 6. The van der Waals surface area contributed by atoms with E-state index in [1.54, 1.807) is 12.1 Å². The predicted molar refractivity (Wildman–Crippen MR) is 118 cm³/mol. The lowest BCUT2D eigenvalue weighted by molar-refractivity contribution is -0.137. The van der Waals surface area contributed by atoms with Crippen molar-refractivity contribution in [1.82, 2.24) is 18.4 Å². The smallest absolute Gasteiger partial charge is 0.331 e. The highest BCUT2D eigenvalue weighted by Gasteiger charge is 2.34. The molecule has 11 nitrogen and oxygen atoms in total. The van der Waals surface area contributed by atoms with Crippen molar-refractivity contribution < 1.29 is 26.7 Å². The third-order valence-corrected chi connectivity index (χ3v) is 8.91. The number of sulfonamides is 1. The van der Waals surface area contributed by atoms with Gasteiger partial charge < -0.3 is 5.11 Å². The Balaban J connectivity index is 1.65. The normalized spacial score (nSPS) is 16.3. The van der Waals surface area contributed by atoms with Gasteiger partial charge in [-0.15, -0.1) is 0 Å². The van der Waals surface area contributed by atoms with Gasteiger partial charge >= 0.3 is 11.7 Å². The number of benzene rings is 1. The van der Waals surface area contributed by atoms with Crippen LogP contribution in [0.4, 0.5) is 0 Å². The van der Waals surface area contributed by atoms with Crippen LogP contribution in [0, 0.1) is 0 Å². The Kier molecular flexibility index (Phi) is 5.88. The molecule has 4 rings (SSSR count). The van der Waals surface area contributed by atoms with Gasteiger partial charge in [0.1, 0.15) is 11.4 Å². The third-order valence-electron chi connectivity index (χ3n) is 5.67. The molecule has 1 aliphatic rings. The molecule has 1 N–H and O–H groups in total. The first-order valence-corrected chi connectivity index (χ1v) is 13.4. The highest BCUT2D eigenvalue weighted by molar-refractivity contribution is 7.93. The molecule has 1 aromatic carbocycles. The monoisotopic (exact) mass is 494 g/mol. The van der Waals surface area contributed by atoms with Crippen molar-refractivity contribution in [3.05, 3.63) is 53.1 Å². The van der Waals surface area contributed by atoms with E-state index in [9.17, 15) is 26.4 Å². The molecule has 0 unspecified atom stereocenters. The van der Waals surface area contributed by atoms with E-state index in [1.165, 1.54) is 39.3 Å². The zero-order valence-corrected chi connectivity index (χ0v) is 19.3. The molecule has 1 fully saturated rings. The van der Waals surface area contributed by atoms with Gasteiger partial charge in [-0.05, 0) is 37.1 Å². The maximum Gasteiger partial charge on any atom is 0.331 e. The molecule has 176 valence electrons. The molecule has 0 saturated carbocycles. The van der Waals surface area contributed by atoms with Crippen molar-refractivity contribution in [2.75, 3.05) is 19.3 Å². The van der Waals surface area contributed by atoms with Crippen molar-refractivity contribution in [1.29, 1.82) is 0 Å². The van der Waals surface area contributed by atoms with Gasteiger partial charge in [0.25, 0.3) is 0 Å². The summed E-state index contributed by atoms with van der Waals surface area (Å²) < 4.78 is 54.4. The number of carbonyl (C=O) groups is 1. The molecule has 2 aromatic heterocycles. The van der Waals surface area contributed by atoms with Crippen LogP contribution in [0.2, 0.25) is 0 Å². The standard InChI is InChI=1S/C20H22N4O7S2/c1-32(28,29)16-6-2-3-7-17(16)33(30,31)22-11-8-14(9-12-22)24-15-5-4-10-21-19(15)23(20(24)27)13-18(25)26/h2-7,10,14H,8-9,11-13H2,1H3,(H,25,26). The molecule has 3 aromatic rings. The number of sulfone groups is 1. The topological polar surface area (TPSA) is 149 Å². The summed E-state index contributed by atoms with van der Waals surface area (Å²) in [4.78, 5) is 27.8. The summed E-state index contributed by atoms with van der Waals surface area (Å²) in [5, 5.41) is 9.17. The van der Waals surface area contributed by atoms with Crippen LogP contribution >= 0.6 is 0 Å². The average Bonchev–Trinajstić information content (AvgIpc) is 3.04. The molecule has 0 atom stereocenters. The molecule has 0 bridgehead atoms. The molecule has 1 aliphatic heterocycles. The van der Waals surface area contributed by atoms with E-state index in [4.69, 9.17) is 5.11 Å². The van der Waals surface area contributed by atoms with Gasteiger partial charge in [-0.3, -0.25) is 13.9 Å². The number of hydrogen-bond acceptors (Lipinski definition) is 7. The lowest BCUT2D eigenvalue weighted by Crippen LogP contribution is -2.41. The summed E-state index contributed by atoms with van der Waals surface area (Å²) in [7, 11) is -7.83. The first kappa shape index (κ1) is 23.1. The number of hydrogen-bond donors (Lipinski definition) is 1. The molecular formula is C20H22N4O7S2. The van der Waals surface area contributed by atoms with Crippen molar-refractivity contribution in [3.63, 3.8) is 0 Å². The van der Waals surface area contributed by atoms with E-state index in [0.717, 1.165) is 10.8 Å². The lowest BCUT2D eigenvalue weighted by Gasteiger charge is -2.32. The number of nitrogens with zero attached hydrogens (tertiary/aromatic N) is 4. The zero-order chi connectivity index (χ0) is 24.0. The number of aromatic nitrogens is 3. The number of carboxylic acids is 1. The highest BCUT2D eigenvalue weighted by atomic mass is 32.2. The van der Waals surface area contributed by atoms with Crippen LogP contribution in [0.15, 0.2) is 57.2 Å². The van der Waals surface area contributed by atoms with Crippen LogP contribution in [0.25, 0.3) is 11.2 Å². The summed E-state index contributed by atoms with van der Waals surface area (Å²) in [5.74, 6) is -1.17. The Morgan fingerprint density at radius 2 is 1.70 bits per heavy atom. The zero-order valence-electron chi connectivity index (χ0n) is 17.7. The summed E-state index contributed by atoms with van der Waals surface area (Å²) in [6, 6.07) is 8.42. The first-order chi connectivity index (χ1) is 15.5. The number of pyridine rings is 1. The predicted octanol–water partition coefficient (Wildman–Crippen LogP) is 0.712. The average molecular weight is 495 g/mol. The minimum Gasteiger partial charge on any atom is -0.480 e. The third kappa shape index (κ3) is 4.18. The Bertz CT molecular complexity index is 1500. The van der Waals surface area contributed by atoms with E-state index < -0.39 is 38.1 Å². The van der Waals surface area contributed by atoms with E-state index in [1.807, 2.05) is 0 Å². The van der Waals surface area contributed by atoms with E-state index in [2.05, 4.69) is 4.98 Å². The van der Waals surface area contributed by atoms with Gasteiger partial charge in [-0.1, -0.05) is 12.1 Å². The summed E-state index contributed by atoms with van der Waals surface area (Å²) >= 11 is 0. The van der Waals surface area contributed by atoms with Gasteiger partial charge in [0, 0.05) is 31.6 Å². The number of piperidine rings is 1. The number of fused-ring (bicyclic) bond motifs is 1. The SMILES string of the molecule is CS(=O)(=O)c1ccccc1S(=O)(=O)N1CCC(n2c(=O)n(CC(=O)O)c3ncccc32)CC1. The second-order valence-corrected chi connectivity index (χ2v) is 11.7. The van der Waals surface area contributed by atoms with Crippen molar-refractivity contribution in [2.24, 2.45) is 0 Å². The van der Waals surface area contributed by atoms with Gasteiger partial charge in [-0.2, -0.15) is 4.31 Å². The Morgan fingerprint density at radius 1 is 1.06 bits per heavy atom. The fourth-order valence-corrected chi connectivity index (χ4v) is 7.26. The second kappa shape index (κ2) is 8.39. The van der Waals surface area contributed by atoms with E-state index in [-0.39, 0.29) is 34.6 Å². The quantitative estimate of drug-likeness (QED) is 0.527. The molecule has 0 spiro atoms. The second-order valence-electron chi connectivity index (χ2n) is 7.83.